The second kappa shape index (κ2) is 6.20. The molecular formula is C16H19BrN2O. The fourth-order valence-corrected chi connectivity index (χ4v) is 3.44. The fourth-order valence-electron chi connectivity index (χ4n) is 2.92. The van der Waals surface area contributed by atoms with Crippen LogP contribution in [0.5, 0.6) is 0 Å². The maximum atomic E-state index is 9.21. The summed E-state index contributed by atoms with van der Waals surface area (Å²) >= 11 is 3.59. The molecule has 0 bridgehead atoms. The SMILES string of the molecule is OCC1CCN(Cc2cc(Br)cc3cccnc23)CC1. The van der Waals surface area contributed by atoms with Gasteiger partial charge in [0.1, 0.15) is 0 Å². The number of hydrogen-bond donors (Lipinski definition) is 1. The first-order valence-electron chi connectivity index (χ1n) is 7.12. The van der Waals surface area contributed by atoms with Crippen molar-refractivity contribution in [1.29, 1.82) is 0 Å². The van der Waals surface area contributed by atoms with E-state index in [2.05, 4.69) is 44.0 Å². The number of aromatic nitrogens is 1. The molecule has 2 heterocycles. The van der Waals surface area contributed by atoms with Crippen LogP contribution in [0.1, 0.15) is 18.4 Å². The minimum Gasteiger partial charge on any atom is -0.396 e. The minimum absolute atomic E-state index is 0.329. The van der Waals surface area contributed by atoms with Gasteiger partial charge in [-0.25, -0.2) is 0 Å². The van der Waals surface area contributed by atoms with Gasteiger partial charge in [-0.1, -0.05) is 22.0 Å². The number of benzene rings is 1. The topological polar surface area (TPSA) is 36.4 Å². The third-order valence-corrected chi connectivity index (χ3v) is 4.57. The highest BCUT2D eigenvalue weighted by atomic mass is 79.9. The Morgan fingerprint density at radius 1 is 1.30 bits per heavy atom. The van der Waals surface area contributed by atoms with E-state index in [9.17, 15) is 5.11 Å². The number of pyridine rings is 1. The number of hydrogen-bond acceptors (Lipinski definition) is 3. The summed E-state index contributed by atoms with van der Waals surface area (Å²) in [5, 5.41) is 10.4. The lowest BCUT2D eigenvalue weighted by Gasteiger charge is -2.31. The molecule has 0 unspecified atom stereocenters. The van der Waals surface area contributed by atoms with E-state index in [1.807, 2.05) is 12.3 Å². The number of rotatable bonds is 3. The van der Waals surface area contributed by atoms with Gasteiger partial charge in [0.25, 0.3) is 0 Å². The number of nitrogens with zero attached hydrogens (tertiary/aromatic N) is 2. The molecular weight excluding hydrogens is 316 g/mol. The number of aliphatic hydroxyl groups is 1. The molecule has 0 atom stereocenters. The summed E-state index contributed by atoms with van der Waals surface area (Å²) in [7, 11) is 0. The Morgan fingerprint density at radius 3 is 2.85 bits per heavy atom. The minimum atomic E-state index is 0.329. The summed E-state index contributed by atoms with van der Waals surface area (Å²) in [4.78, 5) is 6.99. The van der Waals surface area contributed by atoms with Gasteiger partial charge in [0, 0.05) is 29.2 Å². The Hall–Kier alpha value is -0.970. The average Bonchev–Trinajstić information content (AvgIpc) is 2.48. The van der Waals surface area contributed by atoms with Crippen molar-refractivity contribution >= 4 is 26.8 Å². The van der Waals surface area contributed by atoms with E-state index in [0.29, 0.717) is 12.5 Å². The Labute approximate surface area is 127 Å². The van der Waals surface area contributed by atoms with Crippen molar-refractivity contribution in [3.63, 3.8) is 0 Å². The molecule has 1 aliphatic heterocycles. The van der Waals surface area contributed by atoms with Gasteiger partial charge in [-0.15, -0.1) is 0 Å². The molecule has 2 aromatic rings. The molecule has 1 aliphatic rings. The maximum absolute atomic E-state index is 9.21. The first kappa shape index (κ1) is 14.0. The van der Waals surface area contributed by atoms with Crippen LogP contribution in [0.15, 0.2) is 34.9 Å². The van der Waals surface area contributed by atoms with Crippen LogP contribution < -0.4 is 0 Å². The first-order chi connectivity index (χ1) is 9.76. The largest absolute Gasteiger partial charge is 0.396 e. The van der Waals surface area contributed by atoms with Crippen molar-refractivity contribution < 1.29 is 5.11 Å². The number of likely N-dealkylation sites (tertiary alicyclic amines) is 1. The molecule has 3 nitrogen and oxygen atoms in total. The number of piperidine rings is 1. The summed E-state index contributed by atoms with van der Waals surface area (Å²) in [5.41, 5.74) is 2.37. The molecule has 0 amide bonds. The van der Waals surface area contributed by atoms with E-state index in [0.717, 1.165) is 42.5 Å². The van der Waals surface area contributed by atoms with Gasteiger partial charge < -0.3 is 5.11 Å². The zero-order valence-corrected chi connectivity index (χ0v) is 13.0. The zero-order chi connectivity index (χ0) is 13.9. The summed E-state index contributed by atoms with van der Waals surface area (Å²) in [6, 6.07) is 8.37. The molecule has 0 saturated carbocycles. The van der Waals surface area contributed by atoms with Crippen molar-refractivity contribution in [3.05, 3.63) is 40.5 Å². The number of aliphatic hydroxyl groups excluding tert-OH is 1. The monoisotopic (exact) mass is 334 g/mol. The van der Waals surface area contributed by atoms with Crippen molar-refractivity contribution in [2.45, 2.75) is 19.4 Å². The van der Waals surface area contributed by atoms with E-state index in [1.54, 1.807) is 0 Å². The quantitative estimate of drug-likeness (QED) is 0.936. The molecule has 3 rings (SSSR count). The molecule has 1 aromatic heterocycles. The Balaban J connectivity index is 1.81. The van der Waals surface area contributed by atoms with Crippen LogP contribution in [0.3, 0.4) is 0 Å². The van der Waals surface area contributed by atoms with E-state index in [-0.39, 0.29) is 0 Å². The molecule has 106 valence electrons. The Bertz CT molecular complexity index is 594. The van der Waals surface area contributed by atoms with Crippen LogP contribution in [0.4, 0.5) is 0 Å². The van der Waals surface area contributed by atoms with E-state index in [4.69, 9.17) is 0 Å². The van der Waals surface area contributed by atoms with Crippen LogP contribution in [-0.2, 0) is 6.54 Å². The fraction of sp³-hybridized carbons (Fsp3) is 0.438. The predicted molar refractivity (Wildman–Crippen MR) is 84.5 cm³/mol. The molecule has 20 heavy (non-hydrogen) atoms. The van der Waals surface area contributed by atoms with E-state index < -0.39 is 0 Å². The van der Waals surface area contributed by atoms with Crippen LogP contribution in [-0.4, -0.2) is 34.7 Å². The van der Waals surface area contributed by atoms with Gasteiger partial charge >= 0.3 is 0 Å². The Morgan fingerprint density at radius 2 is 2.10 bits per heavy atom. The molecule has 0 aliphatic carbocycles. The third-order valence-electron chi connectivity index (χ3n) is 4.11. The van der Waals surface area contributed by atoms with E-state index in [1.165, 1.54) is 10.9 Å². The highest BCUT2D eigenvalue weighted by molar-refractivity contribution is 9.10. The van der Waals surface area contributed by atoms with Crippen LogP contribution in [0, 0.1) is 5.92 Å². The van der Waals surface area contributed by atoms with Gasteiger partial charge in [0.2, 0.25) is 0 Å². The highest BCUT2D eigenvalue weighted by Crippen LogP contribution is 2.25. The van der Waals surface area contributed by atoms with Crippen molar-refractivity contribution in [3.8, 4) is 0 Å². The standard InChI is InChI=1S/C16H19BrN2O/c17-15-8-13-2-1-5-18-16(13)14(9-15)10-19-6-3-12(11-20)4-7-19/h1-2,5,8-9,12,20H,3-4,6-7,10-11H2. The van der Waals surface area contributed by atoms with Gasteiger partial charge in [-0.05, 0) is 55.6 Å². The summed E-state index contributed by atoms with van der Waals surface area (Å²) in [6.07, 6.45) is 4.05. The smallest absolute Gasteiger partial charge is 0.0747 e. The average molecular weight is 335 g/mol. The van der Waals surface area contributed by atoms with Gasteiger partial charge in [-0.2, -0.15) is 0 Å². The molecule has 0 spiro atoms. The van der Waals surface area contributed by atoms with Gasteiger partial charge in [-0.3, -0.25) is 9.88 Å². The second-order valence-electron chi connectivity index (χ2n) is 5.54. The van der Waals surface area contributed by atoms with Crippen LogP contribution in [0.2, 0.25) is 0 Å². The number of halogens is 1. The van der Waals surface area contributed by atoms with Crippen molar-refractivity contribution in [2.24, 2.45) is 5.92 Å². The molecule has 1 aromatic carbocycles. The zero-order valence-electron chi connectivity index (χ0n) is 11.4. The van der Waals surface area contributed by atoms with Crippen LogP contribution in [0.25, 0.3) is 10.9 Å². The molecule has 1 fully saturated rings. The second-order valence-corrected chi connectivity index (χ2v) is 6.46. The third kappa shape index (κ3) is 3.03. The van der Waals surface area contributed by atoms with Crippen molar-refractivity contribution in [2.75, 3.05) is 19.7 Å². The predicted octanol–water partition coefficient (Wildman–Crippen LogP) is 3.20. The van der Waals surface area contributed by atoms with Crippen LogP contribution >= 0.6 is 15.9 Å². The lowest BCUT2D eigenvalue weighted by atomic mass is 9.97. The molecule has 1 saturated heterocycles. The normalized spacial score (nSPS) is 17.7. The molecule has 4 heteroatoms. The maximum Gasteiger partial charge on any atom is 0.0747 e. The summed E-state index contributed by atoms with van der Waals surface area (Å²) < 4.78 is 1.11. The molecule has 0 radical (unpaired) electrons. The lowest BCUT2D eigenvalue weighted by Crippen LogP contribution is -2.34. The lowest BCUT2D eigenvalue weighted by molar-refractivity contribution is 0.127. The summed E-state index contributed by atoms with van der Waals surface area (Å²) in [5.74, 6) is 0.489. The van der Waals surface area contributed by atoms with Gasteiger partial charge in [0.15, 0.2) is 0 Å². The number of fused-ring (bicyclic) bond motifs is 1. The van der Waals surface area contributed by atoms with Gasteiger partial charge in [0.05, 0.1) is 5.52 Å². The van der Waals surface area contributed by atoms with E-state index >= 15 is 0 Å². The summed E-state index contributed by atoms with van der Waals surface area (Å²) in [6.45, 7) is 3.39. The first-order valence-corrected chi connectivity index (χ1v) is 7.92. The molecule has 1 N–H and O–H groups in total. The Kier molecular flexibility index (Phi) is 4.34. The van der Waals surface area contributed by atoms with Crippen molar-refractivity contribution in [1.82, 2.24) is 9.88 Å². The highest BCUT2D eigenvalue weighted by Gasteiger charge is 2.19.